The van der Waals surface area contributed by atoms with Gasteiger partial charge in [0.1, 0.15) is 23.9 Å². The fraction of sp³-hybridized carbons (Fsp3) is 0.289. The predicted octanol–water partition coefficient (Wildman–Crippen LogP) is 7.80. The zero-order chi connectivity index (χ0) is 35.8. The van der Waals surface area contributed by atoms with Crippen LogP contribution in [0.15, 0.2) is 146 Å². The summed E-state index contributed by atoms with van der Waals surface area (Å²) in [6.45, 7) is 1.97. The quantitative estimate of drug-likeness (QED) is 0.114. The number of hydrogen-bond donors (Lipinski definition) is 2. The van der Waals surface area contributed by atoms with Crippen LogP contribution in [-0.4, -0.2) is 51.9 Å². The van der Waals surface area contributed by atoms with Gasteiger partial charge in [-0.25, -0.2) is 0 Å². The molecule has 0 bridgehead atoms. The predicted molar refractivity (Wildman–Crippen MR) is 203 cm³/mol. The second-order valence-electron chi connectivity index (χ2n) is 13.6. The molecule has 7 rings (SSSR count). The molecule has 1 aliphatic rings. The Morgan fingerprint density at radius 3 is 1.63 bits per heavy atom. The molecule has 0 amide bonds. The Morgan fingerprint density at radius 2 is 1.08 bits per heavy atom. The minimum atomic E-state index is -1.52. The first-order chi connectivity index (χ1) is 25.6. The summed E-state index contributed by atoms with van der Waals surface area (Å²) >= 11 is 0. The molecule has 0 spiro atoms. The molecule has 0 radical (unpaired) electrons. The van der Waals surface area contributed by atoms with Crippen LogP contribution in [0.25, 0.3) is 10.9 Å². The van der Waals surface area contributed by atoms with Gasteiger partial charge < -0.3 is 33.7 Å². The molecule has 2 heterocycles. The molecular weight excluding hydrogens is 650 g/mol. The van der Waals surface area contributed by atoms with E-state index < -0.39 is 43.4 Å². The number of benzene rings is 5. The number of rotatable bonds is 15. The largest absolute Gasteiger partial charge is 0.393 e. The number of ether oxygens (including phenoxy) is 4. The van der Waals surface area contributed by atoms with Gasteiger partial charge in [-0.05, 0) is 52.3 Å². The number of nitrogens with zero attached hydrogens (tertiary/aromatic N) is 1. The number of hydrogen-bond acceptors (Lipinski definition) is 6. The van der Waals surface area contributed by atoms with Gasteiger partial charge in [0, 0.05) is 11.6 Å². The van der Waals surface area contributed by atoms with Crippen LogP contribution < -0.4 is 0 Å². The van der Waals surface area contributed by atoms with Crippen LogP contribution in [0.3, 0.4) is 0 Å². The summed E-state index contributed by atoms with van der Waals surface area (Å²) in [5.41, 5.74) is 6.01. The molecule has 6 aromatic rings. The highest BCUT2D eigenvalue weighted by molar-refractivity contribution is 5.84. The van der Waals surface area contributed by atoms with Gasteiger partial charge in [-0.3, -0.25) is 0 Å². The lowest BCUT2D eigenvalue weighted by Gasteiger charge is -2.52. The van der Waals surface area contributed by atoms with Gasteiger partial charge in [0.05, 0.1) is 38.6 Å². The third kappa shape index (κ3) is 7.91. The van der Waals surface area contributed by atoms with Crippen LogP contribution in [0, 0.1) is 0 Å². The van der Waals surface area contributed by atoms with E-state index in [4.69, 9.17) is 18.9 Å². The zero-order valence-electron chi connectivity index (χ0n) is 29.6. The average Bonchev–Trinajstić information content (AvgIpc) is 3.57. The fourth-order valence-electron chi connectivity index (χ4n) is 7.17. The third-order valence-corrected chi connectivity index (χ3v) is 10.1. The zero-order valence-corrected chi connectivity index (χ0v) is 29.6. The molecule has 0 saturated carbocycles. The smallest absolute Gasteiger partial charge is 0.164 e. The van der Waals surface area contributed by atoms with E-state index in [-0.39, 0.29) is 13.2 Å². The van der Waals surface area contributed by atoms with Crippen molar-refractivity contribution in [1.29, 1.82) is 0 Å². The van der Waals surface area contributed by atoms with Gasteiger partial charge in [-0.15, -0.1) is 0 Å². The molecule has 2 N–H and O–H groups in total. The standard InChI is InChI=1S/C45H47NO6/c1-2-33-22-24-34(25-23-33)26-38-27-46(40-21-13-12-20-39(38)40)44-42(50-29-36-16-8-4-9-17-36)41(49-28-35-14-6-3-7-15-35)43(45(31-47,32-48)52-44)51-30-37-18-10-5-11-19-37/h3-25,27,41-44,47-48H,2,26,28-32H2,1H3/t41-,42-,43-,44?/m1/s1. The average molecular weight is 698 g/mol. The molecule has 1 fully saturated rings. The minimum Gasteiger partial charge on any atom is -0.393 e. The summed E-state index contributed by atoms with van der Waals surface area (Å²) in [5.74, 6) is 0. The molecule has 7 nitrogen and oxygen atoms in total. The van der Waals surface area contributed by atoms with E-state index in [9.17, 15) is 10.2 Å². The van der Waals surface area contributed by atoms with Crippen LogP contribution in [0.4, 0.5) is 0 Å². The lowest BCUT2D eigenvalue weighted by Crippen LogP contribution is -2.67. The number of aliphatic hydroxyl groups is 2. The van der Waals surface area contributed by atoms with Gasteiger partial charge >= 0.3 is 0 Å². The molecule has 5 aromatic carbocycles. The molecule has 0 aliphatic carbocycles. The van der Waals surface area contributed by atoms with E-state index in [1.165, 1.54) is 11.1 Å². The van der Waals surface area contributed by atoms with Crippen molar-refractivity contribution in [2.24, 2.45) is 0 Å². The third-order valence-electron chi connectivity index (χ3n) is 10.1. The van der Waals surface area contributed by atoms with Crippen molar-refractivity contribution in [2.45, 2.75) is 69.7 Å². The maximum Gasteiger partial charge on any atom is 0.164 e. The van der Waals surface area contributed by atoms with Crippen LogP contribution >= 0.6 is 0 Å². The van der Waals surface area contributed by atoms with Crippen molar-refractivity contribution in [3.63, 3.8) is 0 Å². The number of aliphatic hydroxyl groups excluding tert-OH is 2. The van der Waals surface area contributed by atoms with E-state index in [1.807, 2.05) is 103 Å². The van der Waals surface area contributed by atoms with E-state index >= 15 is 0 Å². The first kappa shape index (κ1) is 35.8. The molecule has 52 heavy (non-hydrogen) atoms. The molecule has 1 unspecified atom stereocenters. The van der Waals surface area contributed by atoms with Crippen molar-refractivity contribution in [3.8, 4) is 0 Å². The summed E-state index contributed by atoms with van der Waals surface area (Å²) in [7, 11) is 0. The van der Waals surface area contributed by atoms with Gasteiger partial charge in [0.2, 0.25) is 0 Å². The Balaban J connectivity index is 1.33. The highest BCUT2D eigenvalue weighted by atomic mass is 16.6. The first-order valence-electron chi connectivity index (χ1n) is 18.1. The second-order valence-corrected chi connectivity index (χ2v) is 13.6. The molecule has 4 atom stereocenters. The van der Waals surface area contributed by atoms with Crippen LogP contribution in [0.1, 0.15) is 46.5 Å². The SMILES string of the molecule is CCc1ccc(Cc2cn(C3OC(CO)(CO)[C@H](OCc4ccccc4)[C@H](OCc4ccccc4)[C@H]3OCc3ccccc3)c3ccccc23)cc1. The van der Waals surface area contributed by atoms with Crippen LogP contribution in [-0.2, 0) is 51.6 Å². The summed E-state index contributed by atoms with van der Waals surface area (Å²) in [6.07, 6.45) is 0.704. The van der Waals surface area contributed by atoms with Gasteiger partial charge in [-0.1, -0.05) is 140 Å². The number of aromatic nitrogens is 1. The Kier molecular flexibility index (Phi) is 11.6. The molecule has 1 aromatic heterocycles. The summed E-state index contributed by atoms with van der Waals surface area (Å²) in [4.78, 5) is 0. The number of fused-ring (bicyclic) bond motifs is 1. The Labute approximate surface area is 306 Å². The van der Waals surface area contributed by atoms with Gasteiger partial charge in [-0.2, -0.15) is 0 Å². The van der Waals surface area contributed by atoms with Crippen molar-refractivity contribution in [3.05, 3.63) is 179 Å². The summed E-state index contributed by atoms with van der Waals surface area (Å²) < 4.78 is 29.5. The fourth-order valence-corrected chi connectivity index (χ4v) is 7.17. The molecule has 1 saturated heterocycles. The Bertz CT molecular complexity index is 1980. The van der Waals surface area contributed by atoms with Crippen LogP contribution in [0.2, 0.25) is 0 Å². The van der Waals surface area contributed by atoms with Crippen molar-refractivity contribution in [1.82, 2.24) is 4.57 Å². The summed E-state index contributed by atoms with van der Waals surface area (Å²) in [6, 6.07) is 46.9. The lowest BCUT2D eigenvalue weighted by molar-refractivity contribution is -0.331. The van der Waals surface area contributed by atoms with Gasteiger partial charge in [0.25, 0.3) is 0 Å². The lowest BCUT2D eigenvalue weighted by atomic mass is 9.86. The topological polar surface area (TPSA) is 82.3 Å². The van der Waals surface area contributed by atoms with E-state index in [1.54, 1.807) is 0 Å². The van der Waals surface area contributed by atoms with Crippen molar-refractivity contribution in [2.75, 3.05) is 13.2 Å². The maximum absolute atomic E-state index is 11.2. The van der Waals surface area contributed by atoms with E-state index in [2.05, 4.69) is 54.1 Å². The molecule has 268 valence electrons. The van der Waals surface area contributed by atoms with Gasteiger partial charge in [0.15, 0.2) is 6.23 Å². The highest BCUT2D eigenvalue weighted by Gasteiger charge is 2.57. The maximum atomic E-state index is 11.2. The number of para-hydroxylation sites is 1. The Morgan fingerprint density at radius 1 is 0.577 bits per heavy atom. The second kappa shape index (κ2) is 16.8. The number of aryl methyl sites for hydroxylation is 1. The normalized spacial score (nSPS) is 19.9. The van der Waals surface area contributed by atoms with E-state index in [0.717, 1.165) is 46.0 Å². The Hall–Kier alpha value is -4.60. The minimum absolute atomic E-state index is 0.227. The summed E-state index contributed by atoms with van der Waals surface area (Å²) in [5, 5.41) is 23.4. The monoisotopic (exact) mass is 697 g/mol. The van der Waals surface area contributed by atoms with Crippen molar-refractivity contribution < 1.29 is 29.2 Å². The first-order valence-corrected chi connectivity index (χ1v) is 18.1. The highest BCUT2D eigenvalue weighted by Crippen LogP contribution is 2.43. The van der Waals surface area contributed by atoms with Crippen molar-refractivity contribution >= 4 is 10.9 Å². The van der Waals surface area contributed by atoms with E-state index in [0.29, 0.717) is 6.61 Å². The van der Waals surface area contributed by atoms with Crippen LogP contribution in [0.5, 0.6) is 0 Å². The molecular formula is C45H47NO6. The molecule has 1 aliphatic heterocycles. The molecule has 7 heteroatoms.